The van der Waals surface area contributed by atoms with Crippen LogP contribution in [-0.4, -0.2) is 42.9 Å². The Morgan fingerprint density at radius 3 is 2.37 bits per heavy atom. The summed E-state index contributed by atoms with van der Waals surface area (Å²) in [6.45, 7) is 2.81. The molecule has 0 amide bonds. The normalized spacial score (nSPS) is 16.5. The van der Waals surface area contributed by atoms with Crippen LogP contribution < -0.4 is 15.8 Å². The topological polar surface area (TPSA) is 147 Å². The Morgan fingerprint density at radius 1 is 0.971 bits per heavy atom. The van der Waals surface area contributed by atoms with E-state index in [1.165, 1.54) is 12.1 Å². The second kappa shape index (κ2) is 8.86. The molecule has 35 heavy (non-hydrogen) atoms. The van der Waals surface area contributed by atoms with Crippen LogP contribution in [0.3, 0.4) is 0 Å². The van der Waals surface area contributed by atoms with Crippen LogP contribution in [0, 0.1) is 6.92 Å². The second-order valence-corrected chi connectivity index (χ2v) is 12.6. The number of aromatic nitrogens is 2. The van der Waals surface area contributed by atoms with Crippen LogP contribution >= 0.6 is 0 Å². The van der Waals surface area contributed by atoms with Gasteiger partial charge in [0.2, 0.25) is 26.0 Å². The molecule has 0 bridgehead atoms. The number of nitrogens with one attached hydrogen (secondary N) is 2. The molecule has 3 aromatic rings. The zero-order valence-electron chi connectivity index (χ0n) is 19.1. The lowest BCUT2D eigenvalue weighted by molar-refractivity contribution is 0.390. The van der Waals surface area contributed by atoms with Crippen molar-refractivity contribution in [3.63, 3.8) is 0 Å². The minimum Gasteiger partial charge on any atom is -0.340 e. The first-order valence-corrected chi connectivity index (χ1v) is 14.3. The van der Waals surface area contributed by atoms with Gasteiger partial charge in [0.05, 0.1) is 10.1 Å². The van der Waals surface area contributed by atoms with Crippen LogP contribution in [0.5, 0.6) is 0 Å². The summed E-state index contributed by atoms with van der Waals surface area (Å²) in [7, 11) is -6.94. The fourth-order valence-electron chi connectivity index (χ4n) is 4.02. The highest BCUT2D eigenvalue weighted by molar-refractivity contribution is 7.90. The highest BCUT2D eigenvalue weighted by Gasteiger charge is 2.40. The molecule has 184 valence electrons. The average molecular weight is 515 g/mol. The van der Waals surface area contributed by atoms with Crippen molar-refractivity contribution in [2.45, 2.75) is 42.9 Å². The van der Waals surface area contributed by atoms with Gasteiger partial charge in [-0.15, -0.1) is 0 Å². The molecule has 0 atom stereocenters. The quantitative estimate of drug-likeness (QED) is 0.436. The van der Waals surface area contributed by atoms with Crippen LogP contribution in [0.25, 0.3) is 0 Å². The first kappa shape index (κ1) is 23.7. The van der Waals surface area contributed by atoms with E-state index in [4.69, 9.17) is 5.14 Å². The predicted octanol–water partition coefficient (Wildman–Crippen LogP) is 2.77. The van der Waals surface area contributed by atoms with Crippen molar-refractivity contribution in [1.82, 2.24) is 14.3 Å². The molecule has 12 heteroatoms. The van der Waals surface area contributed by atoms with Gasteiger partial charge in [-0.3, -0.25) is 0 Å². The van der Waals surface area contributed by atoms with Gasteiger partial charge in [-0.25, -0.2) is 27.0 Å². The van der Waals surface area contributed by atoms with Crippen molar-refractivity contribution in [3.05, 3.63) is 65.4 Å². The van der Waals surface area contributed by atoms with Gasteiger partial charge in [0, 0.05) is 36.2 Å². The molecule has 0 unspecified atom stereocenters. The lowest BCUT2D eigenvalue weighted by Crippen LogP contribution is -2.38. The lowest BCUT2D eigenvalue weighted by atomic mass is 10.0. The maximum Gasteiger partial charge on any atom is 0.238 e. The summed E-state index contributed by atoms with van der Waals surface area (Å²) in [4.78, 5) is 8.88. The molecular formula is C23H26N6O4S2. The van der Waals surface area contributed by atoms with Crippen molar-refractivity contribution in [2.24, 2.45) is 5.14 Å². The molecule has 10 nitrogen and oxygen atoms in total. The summed E-state index contributed by atoms with van der Waals surface area (Å²) in [5, 5.41) is 11.3. The highest BCUT2D eigenvalue weighted by atomic mass is 32.2. The van der Waals surface area contributed by atoms with E-state index in [0.717, 1.165) is 35.2 Å². The Labute approximate surface area is 204 Å². The number of nitrogens with zero attached hydrogens (tertiary/aromatic N) is 3. The third kappa shape index (κ3) is 5.15. The summed E-state index contributed by atoms with van der Waals surface area (Å²) in [6.07, 6.45) is 3.89. The number of aryl methyl sites for hydroxylation is 1. The number of rotatable bonds is 7. The van der Waals surface area contributed by atoms with Gasteiger partial charge < -0.3 is 10.6 Å². The van der Waals surface area contributed by atoms with Gasteiger partial charge in [-0.1, -0.05) is 6.07 Å². The predicted molar refractivity (Wildman–Crippen MR) is 134 cm³/mol. The maximum atomic E-state index is 12.6. The van der Waals surface area contributed by atoms with E-state index < -0.39 is 20.0 Å². The van der Waals surface area contributed by atoms with Crippen molar-refractivity contribution < 1.29 is 16.8 Å². The van der Waals surface area contributed by atoms with Gasteiger partial charge in [0.25, 0.3) is 0 Å². The molecular weight excluding hydrogens is 488 g/mol. The van der Waals surface area contributed by atoms with Gasteiger partial charge in [-0.05, 0) is 73.7 Å². The van der Waals surface area contributed by atoms with Gasteiger partial charge in [0.15, 0.2) is 0 Å². The number of sulfonamides is 2. The number of hydrogen-bond donors (Lipinski definition) is 3. The Kier molecular flexibility index (Phi) is 5.99. The molecule has 4 N–H and O–H groups in total. The molecule has 0 radical (unpaired) electrons. The van der Waals surface area contributed by atoms with Gasteiger partial charge in [-0.2, -0.15) is 9.29 Å². The van der Waals surface area contributed by atoms with E-state index in [1.54, 1.807) is 22.6 Å². The third-order valence-corrected chi connectivity index (χ3v) is 9.44. The summed E-state index contributed by atoms with van der Waals surface area (Å²) >= 11 is 0. The van der Waals surface area contributed by atoms with Crippen molar-refractivity contribution in [3.8, 4) is 0 Å². The zero-order valence-corrected chi connectivity index (χ0v) is 20.7. The molecule has 1 aliphatic heterocycles. The SMILES string of the molecule is Cc1cnc(Nc2ccc(S(N)(=O)=O)cc2)nc1Nc1ccc2c(c1)CCN(S(=O)(=O)C1CC1)C2. The Morgan fingerprint density at radius 2 is 1.69 bits per heavy atom. The fraction of sp³-hybridized carbons (Fsp3) is 0.304. The van der Waals surface area contributed by atoms with E-state index in [-0.39, 0.29) is 10.1 Å². The average Bonchev–Trinajstić information content (AvgIpc) is 3.67. The Hall–Kier alpha value is -3.06. The summed E-state index contributed by atoms with van der Waals surface area (Å²) in [5.74, 6) is 0.970. The molecule has 1 aromatic heterocycles. The van der Waals surface area contributed by atoms with Crippen LogP contribution in [0.15, 0.2) is 53.6 Å². The minimum absolute atomic E-state index is 0.0240. The molecule has 2 heterocycles. The van der Waals surface area contributed by atoms with Crippen LogP contribution in [-0.2, 0) is 33.0 Å². The second-order valence-electron chi connectivity index (χ2n) is 8.86. The molecule has 2 aliphatic rings. The number of anilines is 4. The van der Waals surface area contributed by atoms with Crippen LogP contribution in [0.2, 0.25) is 0 Å². The summed E-state index contributed by atoms with van der Waals surface area (Å²) < 4.78 is 49.7. The standard InChI is InChI=1S/C23H26N6O4S2/c1-15-13-25-23(27-18-4-6-20(7-5-18)34(24,30)31)28-22(15)26-19-3-2-17-14-29(11-10-16(17)12-19)35(32,33)21-8-9-21/h2-7,12-13,21H,8-11,14H2,1H3,(H2,24,30,31)(H2,25,26,27,28). The van der Waals surface area contributed by atoms with E-state index in [0.29, 0.717) is 37.0 Å². The molecule has 1 fully saturated rings. The van der Waals surface area contributed by atoms with Crippen molar-refractivity contribution in [2.75, 3.05) is 17.2 Å². The Bertz CT molecular complexity index is 1490. The fourth-order valence-corrected chi connectivity index (χ4v) is 6.36. The summed E-state index contributed by atoms with van der Waals surface area (Å²) in [6, 6.07) is 11.9. The number of hydrogen-bond acceptors (Lipinski definition) is 8. The van der Waals surface area contributed by atoms with Crippen LogP contribution in [0.1, 0.15) is 29.5 Å². The van der Waals surface area contributed by atoms with E-state index in [9.17, 15) is 16.8 Å². The first-order chi connectivity index (χ1) is 16.6. The van der Waals surface area contributed by atoms with Gasteiger partial charge >= 0.3 is 0 Å². The molecule has 0 saturated heterocycles. The van der Waals surface area contributed by atoms with Crippen molar-refractivity contribution >= 4 is 43.2 Å². The van der Waals surface area contributed by atoms with E-state index in [1.807, 2.05) is 25.1 Å². The Balaban J connectivity index is 1.30. The number of benzene rings is 2. The number of nitrogens with two attached hydrogens (primary N) is 1. The smallest absolute Gasteiger partial charge is 0.238 e. The number of fused-ring (bicyclic) bond motifs is 1. The molecule has 2 aromatic carbocycles. The molecule has 5 rings (SSSR count). The third-order valence-electron chi connectivity index (χ3n) is 6.16. The summed E-state index contributed by atoms with van der Waals surface area (Å²) in [5.41, 5.74) is 4.46. The largest absolute Gasteiger partial charge is 0.340 e. The van der Waals surface area contributed by atoms with E-state index in [2.05, 4.69) is 20.6 Å². The maximum absolute atomic E-state index is 12.6. The highest BCUT2D eigenvalue weighted by Crippen LogP contribution is 2.34. The van der Waals surface area contributed by atoms with Crippen LogP contribution in [0.4, 0.5) is 23.1 Å². The van der Waals surface area contributed by atoms with E-state index >= 15 is 0 Å². The first-order valence-electron chi connectivity index (χ1n) is 11.2. The molecule has 1 aliphatic carbocycles. The molecule has 0 spiro atoms. The minimum atomic E-state index is -3.76. The number of primary sulfonamides is 1. The monoisotopic (exact) mass is 514 g/mol. The van der Waals surface area contributed by atoms with Gasteiger partial charge in [0.1, 0.15) is 5.82 Å². The molecule has 1 saturated carbocycles. The zero-order chi connectivity index (χ0) is 24.8. The van der Waals surface area contributed by atoms with Crippen molar-refractivity contribution in [1.29, 1.82) is 0 Å². The lowest BCUT2D eigenvalue weighted by Gasteiger charge is -2.28.